The average molecular weight is 551 g/mol. The molecule has 0 saturated carbocycles. The Bertz CT molecular complexity index is 1410. The quantitative estimate of drug-likeness (QED) is 0.0603. The first-order valence-corrected chi connectivity index (χ1v) is 15.1. The molecule has 4 aromatic carbocycles. The molecule has 0 fully saturated rings. The number of fused-ring (bicyclic) bond motifs is 1. The fourth-order valence-electron chi connectivity index (χ4n) is 4.79. The molecule has 0 heterocycles. The minimum Gasteiger partial charge on any atom is -0.494 e. The number of carbonyl (C=O) groups is 1. The summed E-state index contributed by atoms with van der Waals surface area (Å²) < 4.78 is 11.5. The van der Waals surface area contributed by atoms with Crippen LogP contribution >= 0.6 is 0 Å². The second-order valence-corrected chi connectivity index (χ2v) is 10.6. The van der Waals surface area contributed by atoms with Gasteiger partial charge < -0.3 is 9.47 Å². The molecule has 0 atom stereocenters. The highest BCUT2D eigenvalue weighted by Crippen LogP contribution is 2.27. The van der Waals surface area contributed by atoms with Gasteiger partial charge in [-0.05, 0) is 84.3 Å². The van der Waals surface area contributed by atoms with Crippen LogP contribution in [0.15, 0.2) is 95.2 Å². The van der Waals surface area contributed by atoms with Crippen molar-refractivity contribution in [3.63, 3.8) is 0 Å². The van der Waals surface area contributed by atoms with Gasteiger partial charge in [0.1, 0.15) is 11.5 Å². The van der Waals surface area contributed by atoms with Crippen LogP contribution in [0.4, 0.5) is 11.4 Å². The number of hydrogen-bond donors (Lipinski definition) is 0. The van der Waals surface area contributed by atoms with Crippen molar-refractivity contribution >= 4 is 28.1 Å². The number of ether oxygens (including phenoxy) is 2. The Morgan fingerprint density at radius 3 is 1.95 bits per heavy atom. The highest BCUT2D eigenvalue weighted by Gasteiger charge is 2.11. The van der Waals surface area contributed by atoms with E-state index < -0.39 is 5.97 Å². The van der Waals surface area contributed by atoms with Gasteiger partial charge in [0.05, 0.1) is 23.5 Å². The van der Waals surface area contributed by atoms with Crippen LogP contribution in [0.25, 0.3) is 10.8 Å². The zero-order chi connectivity index (χ0) is 28.7. The number of rotatable bonds is 16. The molecule has 0 bridgehead atoms. The first-order valence-electron chi connectivity index (χ1n) is 15.1. The fraction of sp³-hybridized carbons (Fsp3) is 0.361. The Hall–Kier alpha value is -3.99. The second kappa shape index (κ2) is 16.3. The molecule has 0 aliphatic heterocycles. The summed E-state index contributed by atoms with van der Waals surface area (Å²) in [5.74, 6) is 0.871. The van der Waals surface area contributed by atoms with Crippen LogP contribution in [0.3, 0.4) is 0 Å². The summed E-state index contributed by atoms with van der Waals surface area (Å²) in [6.45, 7) is 4.85. The molecule has 0 unspecified atom stereocenters. The van der Waals surface area contributed by atoms with E-state index >= 15 is 0 Å². The van der Waals surface area contributed by atoms with Crippen molar-refractivity contribution in [3.05, 3.63) is 96.1 Å². The molecule has 0 amide bonds. The summed E-state index contributed by atoms with van der Waals surface area (Å²) in [4.78, 5) is 12.7. The molecular weight excluding hydrogens is 508 g/mol. The summed E-state index contributed by atoms with van der Waals surface area (Å²) in [6.07, 6.45) is 13.0. The molecule has 214 valence electrons. The Morgan fingerprint density at radius 1 is 0.659 bits per heavy atom. The smallest absolute Gasteiger partial charge is 0.343 e. The number of azo groups is 1. The monoisotopic (exact) mass is 550 g/mol. The molecule has 5 heteroatoms. The lowest BCUT2D eigenvalue weighted by atomic mass is 10.1. The van der Waals surface area contributed by atoms with Crippen molar-refractivity contribution in [2.24, 2.45) is 10.2 Å². The van der Waals surface area contributed by atoms with Crippen LogP contribution < -0.4 is 9.47 Å². The van der Waals surface area contributed by atoms with Crippen molar-refractivity contribution in [2.75, 3.05) is 6.61 Å². The van der Waals surface area contributed by atoms with Gasteiger partial charge in [0, 0.05) is 0 Å². The lowest BCUT2D eigenvalue weighted by Crippen LogP contribution is -2.09. The van der Waals surface area contributed by atoms with Crippen LogP contribution in [0.5, 0.6) is 11.5 Å². The number of esters is 1. The molecule has 0 aliphatic rings. The maximum absolute atomic E-state index is 12.7. The topological polar surface area (TPSA) is 60.2 Å². The molecule has 4 aromatic rings. The summed E-state index contributed by atoms with van der Waals surface area (Å²) in [7, 11) is 0. The van der Waals surface area contributed by atoms with E-state index in [1.165, 1.54) is 63.2 Å². The molecule has 41 heavy (non-hydrogen) atoms. The Kier molecular flexibility index (Phi) is 11.9. The fourth-order valence-corrected chi connectivity index (χ4v) is 4.79. The average Bonchev–Trinajstić information content (AvgIpc) is 3.00. The third kappa shape index (κ3) is 9.86. The first-order chi connectivity index (χ1) is 20.1. The molecule has 0 saturated heterocycles. The summed E-state index contributed by atoms with van der Waals surface area (Å²) in [5.41, 5.74) is 2.77. The number of aryl methyl sites for hydroxylation is 1. The van der Waals surface area contributed by atoms with E-state index in [1.807, 2.05) is 55.5 Å². The standard InChI is InChI=1S/C36H42N2O3/c1-3-4-5-6-7-8-9-10-11-14-25-40-34-22-18-30(19-23-34)36(39)41-35-24-21-32(26-28(35)2)37-38-33-20-17-29-15-12-13-16-31(29)27-33/h12-13,15-24,26-27H,3-11,14,25H2,1-2H3. The van der Waals surface area contributed by atoms with E-state index in [2.05, 4.69) is 29.3 Å². The van der Waals surface area contributed by atoms with Gasteiger partial charge in [-0.2, -0.15) is 10.2 Å². The summed E-state index contributed by atoms with van der Waals surface area (Å²) in [5, 5.41) is 11.0. The number of hydrogen-bond acceptors (Lipinski definition) is 5. The highest BCUT2D eigenvalue weighted by molar-refractivity contribution is 5.91. The van der Waals surface area contributed by atoms with Gasteiger partial charge in [-0.1, -0.05) is 95.0 Å². The van der Waals surface area contributed by atoms with Crippen LogP contribution in [0.1, 0.15) is 87.1 Å². The normalized spacial score (nSPS) is 11.3. The van der Waals surface area contributed by atoms with Gasteiger partial charge >= 0.3 is 5.97 Å². The lowest BCUT2D eigenvalue weighted by molar-refractivity contribution is 0.0733. The lowest BCUT2D eigenvalue weighted by Gasteiger charge is -2.09. The van der Waals surface area contributed by atoms with Crippen molar-refractivity contribution in [1.82, 2.24) is 0 Å². The predicted octanol–water partition coefficient (Wildman–Crippen LogP) is 11.1. The molecule has 4 rings (SSSR count). The van der Waals surface area contributed by atoms with Crippen LogP contribution in [-0.2, 0) is 0 Å². The SMILES string of the molecule is CCCCCCCCCCCCOc1ccc(C(=O)Oc2ccc(N=Nc3ccc4ccccc4c3)cc2C)cc1. The second-order valence-electron chi connectivity index (χ2n) is 10.6. The van der Waals surface area contributed by atoms with E-state index in [1.54, 1.807) is 24.3 Å². The minimum atomic E-state index is -0.403. The van der Waals surface area contributed by atoms with Gasteiger partial charge in [0.15, 0.2) is 0 Å². The Morgan fingerprint density at radius 2 is 1.27 bits per heavy atom. The number of unbranched alkanes of at least 4 members (excludes halogenated alkanes) is 9. The number of benzene rings is 4. The highest BCUT2D eigenvalue weighted by atomic mass is 16.5. The molecular formula is C36H42N2O3. The molecule has 0 spiro atoms. The van der Waals surface area contributed by atoms with E-state index in [0.717, 1.165) is 28.8 Å². The summed E-state index contributed by atoms with van der Waals surface area (Å²) >= 11 is 0. The minimum absolute atomic E-state index is 0.403. The Balaban J connectivity index is 1.18. The van der Waals surface area contributed by atoms with Gasteiger partial charge in [0.2, 0.25) is 0 Å². The van der Waals surface area contributed by atoms with E-state index in [9.17, 15) is 4.79 Å². The van der Waals surface area contributed by atoms with E-state index in [0.29, 0.717) is 23.6 Å². The number of carbonyl (C=O) groups excluding carboxylic acids is 1. The van der Waals surface area contributed by atoms with Gasteiger partial charge in [-0.25, -0.2) is 4.79 Å². The van der Waals surface area contributed by atoms with Gasteiger partial charge in [0.25, 0.3) is 0 Å². The third-order valence-corrected chi connectivity index (χ3v) is 7.23. The molecule has 5 nitrogen and oxygen atoms in total. The zero-order valence-corrected chi connectivity index (χ0v) is 24.5. The maximum Gasteiger partial charge on any atom is 0.343 e. The number of nitrogens with zero attached hydrogens (tertiary/aromatic N) is 2. The maximum atomic E-state index is 12.7. The first kappa shape index (κ1) is 30.0. The largest absolute Gasteiger partial charge is 0.494 e. The Labute approximate surface area is 244 Å². The van der Waals surface area contributed by atoms with Crippen molar-refractivity contribution in [1.29, 1.82) is 0 Å². The van der Waals surface area contributed by atoms with Crippen molar-refractivity contribution in [3.8, 4) is 11.5 Å². The predicted molar refractivity (Wildman–Crippen MR) is 168 cm³/mol. The van der Waals surface area contributed by atoms with Crippen LogP contribution in [0, 0.1) is 6.92 Å². The molecule has 0 radical (unpaired) electrons. The van der Waals surface area contributed by atoms with E-state index in [4.69, 9.17) is 9.47 Å². The zero-order valence-electron chi connectivity index (χ0n) is 24.5. The van der Waals surface area contributed by atoms with Gasteiger partial charge in [-0.3, -0.25) is 0 Å². The molecule has 0 aliphatic carbocycles. The van der Waals surface area contributed by atoms with Crippen LogP contribution in [-0.4, -0.2) is 12.6 Å². The molecule has 0 N–H and O–H groups in total. The molecule has 0 aromatic heterocycles. The van der Waals surface area contributed by atoms with Crippen molar-refractivity contribution < 1.29 is 14.3 Å². The van der Waals surface area contributed by atoms with E-state index in [-0.39, 0.29) is 0 Å². The van der Waals surface area contributed by atoms with Crippen LogP contribution in [0.2, 0.25) is 0 Å². The van der Waals surface area contributed by atoms with Crippen molar-refractivity contribution in [2.45, 2.75) is 78.1 Å². The summed E-state index contributed by atoms with van der Waals surface area (Å²) in [6, 6.07) is 26.7. The third-order valence-electron chi connectivity index (χ3n) is 7.23. The van der Waals surface area contributed by atoms with Gasteiger partial charge in [-0.15, -0.1) is 0 Å².